The summed E-state index contributed by atoms with van der Waals surface area (Å²) in [6.07, 6.45) is 0.833. The number of amides is 3. The molecule has 3 aromatic rings. The van der Waals surface area contributed by atoms with Gasteiger partial charge in [0.25, 0.3) is 0 Å². The molecule has 0 radical (unpaired) electrons. The van der Waals surface area contributed by atoms with E-state index in [4.69, 9.17) is 9.47 Å². The van der Waals surface area contributed by atoms with E-state index in [1.54, 1.807) is 42.5 Å². The largest absolute Gasteiger partial charge is 0.465 e. The molecule has 0 aliphatic carbocycles. The number of β-lactam (4-membered cyclic amide) rings is 1. The van der Waals surface area contributed by atoms with Gasteiger partial charge in [0.1, 0.15) is 12.4 Å². The molecule has 2 atom stereocenters. The van der Waals surface area contributed by atoms with Crippen LogP contribution in [0, 0.1) is 5.92 Å². The molecule has 0 saturated carbocycles. The Morgan fingerprint density at radius 3 is 2.30 bits per heavy atom. The Labute approximate surface area is 211 Å². The maximum absolute atomic E-state index is 13.7. The van der Waals surface area contributed by atoms with Gasteiger partial charge in [-0.25, -0.2) is 19.3 Å². The Balaban J connectivity index is 1.70. The van der Waals surface area contributed by atoms with Crippen LogP contribution in [0.4, 0.5) is 9.59 Å². The van der Waals surface area contributed by atoms with Crippen LogP contribution in [0.2, 0.25) is 0 Å². The van der Waals surface area contributed by atoms with E-state index in [0.29, 0.717) is 10.5 Å². The van der Waals surface area contributed by atoms with Gasteiger partial charge >= 0.3 is 18.2 Å². The van der Waals surface area contributed by atoms with E-state index in [0.717, 1.165) is 5.56 Å². The number of carbonyl (C=O) groups excluding carboxylic acids is 3. The first-order chi connectivity index (χ1) is 18.0. The Kier molecular flexibility index (Phi) is 6.38. The highest BCUT2D eigenvalue weighted by molar-refractivity contribution is 6.10. The van der Waals surface area contributed by atoms with E-state index < -0.39 is 36.0 Å². The number of aromatic nitrogens is 1. The van der Waals surface area contributed by atoms with Crippen LogP contribution in [0.3, 0.4) is 0 Å². The monoisotopic (exact) mass is 499 g/mol. The summed E-state index contributed by atoms with van der Waals surface area (Å²) in [6.45, 7) is -0.260. The fourth-order valence-corrected chi connectivity index (χ4v) is 4.38. The number of likely N-dealkylation sites (tertiary alicyclic amines) is 1. The number of benzene rings is 2. The number of ether oxygens (including phenoxy) is 2. The zero-order chi connectivity index (χ0) is 25.9. The molecule has 2 saturated heterocycles. The summed E-state index contributed by atoms with van der Waals surface area (Å²) >= 11 is 0. The molecular formula is C27H21N3O7. The van der Waals surface area contributed by atoms with Crippen LogP contribution in [0.25, 0.3) is 5.70 Å². The molecule has 0 unspecified atom stereocenters. The predicted molar refractivity (Wildman–Crippen MR) is 129 cm³/mol. The van der Waals surface area contributed by atoms with Crippen LogP contribution in [0.1, 0.15) is 17.2 Å². The molecule has 1 aromatic heterocycles. The topological polar surface area (TPSA) is 126 Å². The highest BCUT2D eigenvalue weighted by atomic mass is 16.6. The first kappa shape index (κ1) is 23.7. The second kappa shape index (κ2) is 9.94. The summed E-state index contributed by atoms with van der Waals surface area (Å²) in [5, 5.41) is 9.36. The zero-order valence-corrected chi connectivity index (χ0v) is 19.4. The van der Waals surface area contributed by atoms with E-state index in [-0.39, 0.29) is 30.2 Å². The fraction of sp³-hybridized carbons (Fsp3) is 0.148. The minimum atomic E-state index is -1.43. The SMILES string of the molecule is O=C(Oc1ccccc1)C(=C(c1cccnc1)N1C(=O)OC[C@@H]1c1ccccc1)[C@@H]1CN(C(=O)O)C1=O. The third-order valence-electron chi connectivity index (χ3n) is 6.17. The van der Waals surface area contributed by atoms with Gasteiger partial charge < -0.3 is 14.6 Å². The van der Waals surface area contributed by atoms with Crippen molar-refractivity contribution in [2.75, 3.05) is 13.2 Å². The smallest absolute Gasteiger partial charge is 0.415 e. The normalized spacial score (nSPS) is 19.6. The molecule has 10 nitrogen and oxygen atoms in total. The number of cyclic esters (lactones) is 1. The number of para-hydroxylation sites is 1. The van der Waals surface area contributed by atoms with Crippen LogP contribution in [0.5, 0.6) is 5.75 Å². The van der Waals surface area contributed by atoms with Crippen LogP contribution < -0.4 is 4.74 Å². The molecule has 2 aromatic carbocycles. The van der Waals surface area contributed by atoms with Gasteiger partial charge in [0, 0.05) is 24.5 Å². The van der Waals surface area contributed by atoms with Crippen molar-refractivity contribution < 1.29 is 33.8 Å². The molecule has 1 N–H and O–H groups in total. The van der Waals surface area contributed by atoms with Crippen molar-refractivity contribution in [2.24, 2.45) is 5.92 Å². The van der Waals surface area contributed by atoms with Gasteiger partial charge in [-0.1, -0.05) is 48.5 Å². The van der Waals surface area contributed by atoms with Crippen molar-refractivity contribution in [2.45, 2.75) is 6.04 Å². The number of carboxylic acid groups (broad SMARTS) is 1. The molecule has 0 bridgehead atoms. The summed E-state index contributed by atoms with van der Waals surface area (Å²) < 4.78 is 11.0. The third-order valence-corrected chi connectivity index (χ3v) is 6.17. The number of imide groups is 1. The lowest BCUT2D eigenvalue weighted by Crippen LogP contribution is -2.57. The van der Waals surface area contributed by atoms with Crippen LogP contribution >= 0.6 is 0 Å². The third kappa shape index (κ3) is 4.52. The standard InChI is InChI=1S/C27H21N3O7/c31-24-20(15-29(24)26(33)34)22(25(32)37-19-11-5-2-6-12-19)23(18-10-7-13-28-14-18)30-21(16-36-27(30)35)17-8-3-1-4-9-17/h1-14,20-21H,15-16H2,(H,33,34)/t20-,21+/m0/s1. The van der Waals surface area contributed by atoms with Crippen molar-refractivity contribution in [3.8, 4) is 5.75 Å². The first-order valence-corrected chi connectivity index (χ1v) is 11.4. The van der Waals surface area contributed by atoms with Gasteiger partial charge in [-0.15, -0.1) is 0 Å². The van der Waals surface area contributed by atoms with E-state index >= 15 is 0 Å². The predicted octanol–water partition coefficient (Wildman–Crippen LogP) is 3.73. The molecule has 2 aliphatic rings. The minimum absolute atomic E-state index is 0.00743. The number of pyridine rings is 1. The summed E-state index contributed by atoms with van der Waals surface area (Å²) in [4.78, 5) is 57.3. The van der Waals surface area contributed by atoms with E-state index in [1.165, 1.54) is 17.3 Å². The Morgan fingerprint density at radius 2 is 1.68 bits per heavy atom. The van der Waals surface area contributed by atoms with Crippen molar-refractivity contribution in [1.82, 2.24) is 14.8 Å². The second-order valence-corrected chi connectivity index (χ2v) is 8.36. The quantitative estimate of drug-likeness (QED) is 0.235. The molecule has 5 rings (SSSR count). The first-order valence-electron chi connectivity index (χ1n) is 11.4. The molecular weight excluding hydrogens is 478 g/mol. The fourth-order valence-electron chi connectivity index (χ4n) is 4.38. The molecule has 3 amide bonds. The van der Waals surface area contributed by atoms with Gasteiger partial charge in [-0.2, -0.15) is 0 Å². The van der Waals surface area contributed by atoms with Crippen LogP contribution in [-0.2, 0) is 14.3 Å². The highest BCUT2D eigenvalue weighted by Crippen LogP contribution is 2.41. The molecule has 3 heterocycles. The van der Waals surface area contributed by atoms with Gasteiger partial charge in [0.05, 0.1) is 23.2 Å². The Bertz CT molecular complexity index is 1380. The van der Waals surface area contributed by atoms with Crippen LogP contribution in [-0.4, -0.2) is 57.1 Å². The molecule has 0 spiro atoms. The van der Waals surface area contributed by atoms with Gasteiger partial charge in [-0.05, 0) is 29.8 Å². The number of hydrogen-bond donors (Lipinski definition) is 1. The lowest BCUT2D eigenvalue weighted by molar-refractivity contribution is -0.145. The number of rotatable bonds is 6. The summed E-state index contributed by atoms with van der Waals surface area (Å²) in [6, 6.07) is 20.0. The molecule has 37 heavy (non-hydrogen) atoms. The summed E-state index contributed by atoms with van der Waals surface area (Å²) in [5.74, 6) is -2.62. The van der Waals surface area contributed by atoms with Gasteiger partial charge in [0.15, 0.2) is 0 Å². The second-order valence-electron chi connectivity index (χ2n) is 8.36. The Morgan fingerprint density at radius 1 is 0.973 bits per heavy atom. The maximum atomic E-state index is 13.7. The molecule has 2 fully saturated rings. The number of hydrogen-bond acceptors (Lipinski definition) is 7. The Hall–Kier alpha value is -4.99. The summed E-state index contributed by atoms with van der Waals surface area (Å²) in [5.41, 5.74) is 1.04. The molecule has 2 aliphatic heterocycles. The molecule has 186 valence electrons. The van der Waals surface area contributed by atoms with Crippen molar-refractivity contribution in [3.05, 3.63) is 102 Å². The zero-order valence-electron chi connectivity index (χ0n) is 19.4. The maximum Gasteiger partial charge on any atom is 0.415 e. The van der Waals surface area contributed by atoms with Crippen molar-refractivity contribution in [3.63, 3.8) is 0 Å². The number of esters is 1. The van der Waals surface area contributed by atoms with Gasteiger partial charge in [0.2, 0.25) is 5.91 Å². The average Bonchev–Trinajstić information content (AvgIpc) is 3.29. The lowest BCUT2D eigenvalue weighted by atomic mass is 9.86. The average molecular weight is 499 g/mol. The number of carbonyl (C=O) groups is 4. The van der Waals surface area contributed by atoms with E-state index in [9.17, 15) is 24.3 Å². The number of nitrogens with zero attached hydrogens (tertiary/aromatic N) is 3. The van der Waals surface area contributed by atoms with Crippen molar-refractivity contribution in [1.29, 1.82) is 0 Å². The lowest BCUT2D eigenvalue weighted by Gasteiger charge is -2.37. The molecule has 10 heteroatoms. The summed E-state index contributed by atoms with van der Waals surface area (Å²) in [7, 11) is 0. The van der Waals surface area contributed by atoms with E-state index in [2.05, 4.69) is 4.98 Å². The van der Waals surface area contributed by atoms with Crippen molar-refractivity contribution >= 4 is 29.8 Å². The van der Waals surface area contributed by atoms with E-state index in [1.807, 2.05) is 30.3 Å². The highest BCUT2D eigenvalue weighted by Gasteiger charge is 2.49. The van der Waals surface area contributed by atoms with Crippen LogP contribution in [0.15, 0.2) is 90.8 Å². The minimum Gasteiger partial charge on any atom is -0.465 e. The van der Waals surface area contributed by atoms with Gasteiger partial charge in [-0.3, -0.25) is 14.7 Å².